The molecular formula is C22H25N5O3. The summed E-state index contributed by atoms with van der Waals surface area (Å²) in [7, 11) is 1.71. The number of likely N-dealkylation sites (tertiary alicyclic amines) is 1. The normalized spacial score (nSPS) is 20.7. The molecule has 1 amide bonds. The quantitative estimate of drug-likeness (QED) is 0.700. The van der Waals surface area contributed by atoms with Crippen LogP contribution < -0.4 is 5.56 Å². The van der Waals surface area contributed by atoms with Crippen LogP contribution in [0.4, 0.5) is 0 Å². The van der Waals surface area contributed by atoms with E-state index in [4.69, 9.17) is 4.42 Å². The number of furan rings is 1. The summed E-state index contributed by atoms with van der Waals surface area (Å²) in [5.74, 6) is 0.458. The molecule has 0 unspecified atom stereocenters. The molecule has 3 aromatic heterocycles. The molecule has 3 aromatic rings. The lowest BCUT2D eigenvalue weighted by Gasteiger charge is -2.42. The first-order chi connectivity index (χ1) is 14.6. The molecule has 30 heavy (non-hydrogen) atoms. The summed E-state index contributed by atoms with van der Waals surface area (Å²) in [5, 5.41) is 7.06. The average molecular weight is 407 g/mol. The van der Waals surface area contributed by atoms with Crippen molar-refractivity contribution < 1.29 is 9.21 Å². The molecule has 8 heteroatoms. The van der Waals surface area contributed by atoms with Gasteiger partial charge in [0.2, 0.25) is 0 Å². The Balaban J connectivity index is 1.36. The monoisotopic (exact) mass is 407 g/mol. The van der Waals surface area contributed by atoms with Gasteiger partial charge in [-0.2, -0.15) is 5.10 Å². The van der Waals surface area contributed by atoms with Gasteiger partial charge in [-0.15, -0.1) is 0 Å². The summed E-state index contributed by atoms with van der Waals surface area (Å²) in [4.78, 5) is 30.1. The van der Waals surface area contributed by atoms with Gasteiger partial charge in [0, 0.05) is 68.8 Å². The molecule has 2 atom stereocenters. The van der Waals surface area contributed by atoms with E-state index in [1.807, 2.05) is 22.8 Å². The Hall–Kier alpha value is -3.13. The van der Waals surface area contributed by atoms with Crippen molar-refractivity contribution in [2.24, 2.45) is 5.92 Å². The number of piperidine rings is 1. The van der Waals surface area contributed by atoms with Crippen LogP contribution in [0.5, 0.6) is 0 Å². The Bertz CT molecular complexity index is 1090. The number of nitrogens with one attached hydrogen (secondary N) is 1. The molecule has 0 aromatic carbocycles. The summed E-state index contributed by atoms with van der Waals surface area (Å²) in [6.07, 6.45) is 6.05. The van der Waals surface area contributed by atoms with E-state index in [1.165, 1.54) is 0 Å². The fraction of sp³-hybridized carbons (Fsp3) is 0.409. The Morgan fingerprint density at radius 1 is 1.27 bits per heavy atom. The molecule has 1 N–H and O–H groups in total. The maximum absolute atomic E-state index is 13.2. The molecule has 2 bridgehead atoms. The second-order valence-electron chi connectivity index (χ2n) is 8.46. The Morgan fingerprint density at radius 2 is 2.17 bits per heavy atom. The van der Waals surface area contributed by atoms with Crippen LogP contribution >= 0.6 is 0 Å². The number of carbonyl (C=O) groups is 1. The fourth-order valence-electron chi connectivity index (χ4n) is 4.88. The number of hydrogen-bond acceptors (Lipinski definition) is 5. The van der Waals surface area contributed by atoms with E-state index < -0.39 is 0 Å². The highest BCUT2D eigenvalue weighted by Crippen LogP contribution is 2.35. The van der Waals surface area contributed by atoms with Gasteiger partial charge in [-0.25, -0.2) is 0 Å². The second kappa shape index (κ2) is 7.60. The van der Waals surface area contributed by atoms with Gasteiger partial charge in [-0.05, 0) is 36.6 Å². The molecule has 0 aliphatic carbocycles. The van der Waals surface area contributed by atoms with Crippen molar-refractivity contribution in [2.45, 2.75) is 32.0 Å². The van der Waals surface area contributed by atoms with E-state index in [1.54, 1.807) is 36.7 Å². The first-order valence-electron chi connectivity index (χ1n) is 10.3. The van der Waals surface area contributed by atoms with Crippen molar-refractivity contribution >= 4 is 5.91 Å². The topological polar surface area (TPSA) is 87.4 Å². The molecule has 5 heterocycles. The first kappa shape index (κ1) is 18.9. The second-order valence-corrected chi connectivity index (χ2v) is 8.46. The van der Waals surface area contributed by atoms with Crippen molar-refractivity contribution in [1.29, 1.82) is 0 Å². The van der Waals surface area contributed by atoms with Gasteiger partial charge in [0.1, 0.15) is 5.56 Å². The molecule has 0 saturated carbocycles. The molecule has 156 valence electrons. The standard InChI is InChI=1S/C22H25N5O3/c1-25(9-15-5-7-30-14-15)21(28)19-2-3-20-17-8-16(11-27(20)22(19)29)10-26(12-17)13-18-4-6-23-24-18/h2-7,14,16-17H,8-13H2,1H3,(H,23,24)/t16-,17+/m0/s1. The minimum Gasteiger partial charge on any atom is -0.472 e. The molecule has 1 fully saturated rings. The van der Waals surface area contributed by atoms with Gasteiger partial charge in [0.05, 0.1) is 12.5 Å². The van der Waals surface area contributed by atoms with Crippen molar-refractivity contribution in [1.82, 2.24) is 24.6 Å². The molecule has 0 radical (unpaired) electrons. The first-order valence-corrected chi connectivity index (χ1v) is 10.3. The number of rotatable bonds is 5. The van der Waals surface area contributed by atoms with Gasteiger partial charge in [-0.3, -0.25) is 19.6 Å². The zero-order valence-electron chi connectivity index (χ0n) is 17.0. The molecule has 2 aliphatic heterocycles. The zero-order valence-corrected chi connectivity index (χ0v) is 17.0. The van der Waals surface area contributed by atoms with Crippen molar-refractivity contribution in [2.75, 3.05) is 20.1 Å². The number of amides is 1. The number of hydrogen-bond donors (Lipinski definition) is 1. The van der Waals surface area contributed by atoms with Crippen LogP contribution in [0.1, 0.15) is 39.6 Å². The maximum Gasteiger partial charge on any atom is 0.263 e. The largest absolute Gasteiger partial charge is 0.472 e. The molecule has 5 rings (SSSR count). The highest BCUT2D eigenvalue weighted by molar-refractivity contribution is 5.93. The van der Waals surface area contributed by atoms with E-state index in [2.05, 4.69) is 15.1 Å². The average Bonchev–Trinajstić information content (AvgIpc) is 3.42. The number of aromatic nitrogens is 3. The summed E-state index contributed by atoms with van der Waals surface area (Å²) < 4.78 is 6.91. The van der Waals surface area contributed by atoms with Crippen molar-refractivity contribution in [3.8, 4) is 0 Å². The predicted octanol–water partition coefficient (Wildman–Crippen LogP) is 2.06. The van der Waals surface area contributed by atoms with Crippen LogP contribution in [-0.4, -0.2) is 50.6 Å². The van der Waals surface area contributed by atoms with Crippen LogP contribution in [0.3, 0.4) is 0 Å². The molecule has 1 saturated heterocycles. The number of H-pyrrole nitrogens is 1. The Labute approximate surface area is 174 Å². The minimum atomic E-state index is -0.256. The smallest absolute Gasteiger partial charge is 0.263 e. The number of pyridine rings is 1. The van der Waals surface area contributed by atoms with E-state index >= 15 is 0 Å². The summed E-state index contributed by atoms with van der Waals surface area (Å²) in [6, 6.07) is 7.50. The summed E-state index contributed by atoms with van der Waals surface area (Å²) in [5.41, 5.74) is 3.11. The van der Waals surface area contributed by atoms with E-state index in [9.17, 15) is 9.59 Å². The third-order valence-corrected chi connectivity index (χ3v) is 6.21. The Morgan fingerprint density at radius 3 is 2.93 bits per heavy atom. The van der Waals surface area contributed by atoms with Gasteiger partial charge >= 0.3 is 0 Å². The van der Waals surface area contributed by atoms with Crippen molar-refractivity contribution in [3.05, 3.63) is 75.9 Å². The van der Waals surface area contributed by atoms with Crippen LogP contribution in [0.2, 0.25) is 0 Å². The van der Waals surface area contributed by atoms with E-state index in [0.29, 0.717) is 24.9 Å². The zero-order chi connectivity index (χ0) is 20.7. The number of carbonyl (C=O) groups excluding carboxylic acids is 1. The van der Waals surface area contributed by atoms with Crippen molar-refractivity contribution in [3.63, 3.8) is 0 Å². The molecule has 8 nitrogen and oxygen atoms in total. The highest BCUT2D eigenvalue weighted by atomic mass is 16.3. The third kappa shape index (κ3) is 3.47. The SMILES string of the molecule is CN(Cc1ccoc1)C(=O)c1ccc2n(c1=O)C[C@H]1C[C@@H]2CN(Cc2ccn[nH]2)C1. The lowest BCUT2D eigenvalue weighted by molar-refractivity contribution is 0.0779. The van der Waals surface area contributed by atoms with Crippen LogP contribution in [0.15, 0.2) is 52.2 Å². The molecule has 2 aliphatic rings. The van der Waals surface area contributed by atoms with Crippen LogP contribution in [0.25, 0.3) is 0 Å². The fourth-order valence-corrected chi connectivity index (χ4v) is 4.88. The predicted molar refractivity (Wildman–Crippen MR) is 110 cm³/mol. The summed E-state index contributed by atoms with van der Waals surface area (Å²) >= 11 is 0. The van der Waals surface area contributed by atoms with Gasteiger partial charge < -0.3 is 13.9 Å². The highest BCUT2D eigenvalue weighted by Gasteiger charge is 2.35. The molecular weight excluding hydrogens is 382 g/mol. The third-order valence-electron chi connectivity index (χ3n) is 6.21. The minimum absolute atomic E-state index is 0.173. The number of fused-ring (bicyclic) bond motifs is 4. The van der Waals surface area contributed by atoms with E-state index in [-0.39, 0.29) is 17.0 Å². The lowest BCUT2D eigenvalue weighted by Crippen LogP contribution is -2.47. The Kier molecular flexibility index (Phi) is 4.78. The summed E-state index contributed by atoms with van der Waals surface area (Å²) in [6.45, 7) is 3.76. The van der Waals surface area contributed by atoms with Gasteiger partial charge in [0.25, 0.3) is 11.5 Å². The number of aromatic amines is 1. The van der Waals surface area contributed by atoms with E-state index in [0.717, 1.165) is 43.0 Å². The van der Waals surface area contributed by atoms with Crippen LogP contribution in [0, 0.1) is 5.92 Å². The van der Waals surface area contributed by atoms with Crippen LogP contribution in [-0.2, 0) is 19.6 Å². The lowest BCUT2D eigenvalue weighted by atomic mass is 9.83. The number of nitrogens with zero attached hydrogens (tertiary/aromatic N) is 4. The van der Waals surface area contributed by atoms with Gasteiger partial charge in [0.15, 0.2) is 0 Å². The van der Waals surface area contributed by atoms with Gasteiger partial charge in [-0.1, -0.05) is 0 Å². The molecule has 0 spiro atoms. The maximum atomic E-state index is 13.2.